The van der Waals surface area contributed by atoms with Crippen LogP contribution in [0.5, 0.6) is 0 Å². The Kier molecular flexibility index (Phi) is 7.17. The van der Waals surface area contributed by atoms with Crippen molar-refractivity contribution in [1.29, 1.82) is 0 Å². The van der Waals surface area contributed by atoms with Crippen molar-refractivity contribution >= 4 is 21.4 Å². The van der Waals surface area contributed by atoms with Crippen LogP contribution in [0.25, 0.3) is 5.69 Å². The lowest BCUT2D eigenvalue weighted by Crippen LogP contribution is -2.48. The number of rotatable bonds is 5. The number of imidazole rings is 1. The summed E-state index contributed by atoms with van der Waals surface area (Å²) in [7, 11) is -4.14. The van der Waals surface area contributed by atoms with Gasteiger partial charge in [0.25, 0.3) is 0 Å². The highest BCUT2D eigenvalue weighted by atomic mass is 32.2. The van der Waals surface area contributed by atoms with Crippen molar-refractivity contribution in [1.82, 2.24) is 9.55 Å². The molecule has 1 saturated heterocycles. The number of anilines is 1. The Morgan fingerprint density at radius 3 is 2.26 bits per heavy atom. The molecule has 1 atom stereocenters. The Hall–Kier alpha value is -3.14. The van der Waals surface area contributed by atoms with E-state index in [0.29, 0.717) is 24.7 Å². The van der Waals surface area contributed by atoms with E-state index in [1.165, 1.54) is 19.9 Å². The molecule has 0 bridgehead atoms. The topological polar surface area (TPSA) is 72.3 Å². The molecule has 6 nitrogen and oxygen atoms in total. The van der Waals surface area contributed by atoms with Crippen LogP contribution in [0.3, 0.4) is 0 Å². The summed E-state index contributed by atoms with van der Waals surface area (Å²) in [4.78, 5) is 18.2. The molecule has 2 aromatic carbocycles. The Labute approximate surface area is 203 Å². The van der Waals surface area contributed by atoms with Crippen molar-refractivity contribution < 1.29 is 26.4 Å². The zero-order valence-electron chi connectivity index (χ0n) is 18.7. The maximum atomic E-state index is 13.3. The zero-order chi connectivity index (χ0) is 24.7. The third-order valence-corrected chi connectivity index (χ3v) is 9.13. The van der Waals surface area contributed by atoms with E-state index in [1.54, 1.807) is 23.6 Å². The first-order chi connectivity index (χ1) is 15.9. The van der Waals surface area contributed by atoms with Crippen LogP contribution >= 0.6 is 0 Å². The summed E-state index contributed by atoms with van der Waals surface area (Å²) in [6.07, 6.45) is 0.869. The number of hydrogen-bond donors (Lipinski definition) is 0. The summed E-state index contributed by atoms with van der Waals surface area (Å²) in [5.74, 6) is -0.764. The first-order valence-corrected chi connectivity index (χ1v) is 12.2. The van der Waals surface area contributed by atoms with Gasteiger partial charge in [-0.15, -0.1) is 0 Å². The molecule has 0 spiro atoms. The van der Waals surface area contributed by atoms with E-state index in [4.69, 9.17) is 0 Å². The first kappa shape index (κ1) is 26.5. The normalized spacial score (nSPS) is 17.2. The van der Waals surface area contributed by atoms with Gasteiger partial charge in [-0.3, -0.25) is 4.79 Å². The Morgan fingerprint density at radius 1 is 1.03 bits per heavy atom. The number of hydrogen-bond acceptors (Lipinski definition) is 4. The second-order valence-corrected chi connectivity index (χ2v) is 11.4. The molecule has 188 valence electrons. The number of alkyl halides is 3. The summed E-state index contributed by atoms with van der Waals surface area (Å²) in [5.41, 5.74) is 0.567. The average molecular weight is 508 g/mol. The molecule has 10 heteroatoms. The van der Waals surface area contributed by atoms with E-state index >= 15 is 0 Å². The molecule has 1 aromatic heterocycles. The molecule has 0 unspecified atom stereocenters. The first-order valence-electron chi connectivity index (χ1n) is 10.7. The fourth-order valence-electron chi connectivity index (χ4n) is 4.28. The SMILES string of the molecule is C.CC(C)([C@H]1CCN(c2ccc(-n3ccnc3)cc2)C(=O)C1)S(=O)(=O)c1cccc(C(F)(F)F)c1. The number of aromatic nitrogens is 2. The number of nitrogens with zero attached hydrogens (tertiary/aromatic N) is 3. The van der Waals surface area contributed by atoms with E-state index in [-0.39, 0.29) is 19.8 Å². The second kappa shape index (κ2) is 9.49. The van der Waals surface area contributed by atoms with E-state index in [2.05, 4.69) is 4.98 Å². The van der Waals surface area contributed by atoms with E-state index in [1.807, 2.05) is 28.8 Å². The maximum Gasteiger partial charge on any atom is 0.416 e. The van der Waals surface area contributed by atoms with Crippen LogP contribution in [0.1, 0.15) is 39.7 Å². The lowest BCUT2D eigenvalue weighted by molar-refractivity contribution is -0.137. The highest BCUT2D eigenvalue weighted by Gasteiger charge is 2.46. The fourth-order valence-corrected chi connectivity index (χ4v) is 6.07. The van der Waals surface area contributed by atoms with Crippen LogP contribution in [0.15, 0.2) is 72.1 Å². The third-order valence-electron chi connectivity index (χ3n) is 6.53. The number of benzene rings is 2. The van der Waals surface area contributed by atoms with E-state index in [0.717, 1.165) is 17.8 Å². The van der Waals surface area contributed by atoms with Crippen molar-refractivity contribution in [2.45, 2.75) is 49.9 Å². The molecule has 4 rings (SSSR count). The monoisotopic (exact) mass is 507 g/mol. The fraction of sp³-hybridized carbons (Fsp3) is 0.360. The number of halogens is 3. The van der Waals surface area contributed by atoms with Gasteiger partial charge < -0.3 is 9.47 Å². The number of carbonyl (C=O) groups is 1. The van der Waals surface area contributed by atoms with Gasteiger partial charge >= 0.3 is 6.18 Å². The molecule has 1 aliphatic heterocycles. The Bertz CT molecular complexity index is 1290. The van der Waals surface area contributed by atoms with Crippen LogP contribution in [0.4, 0.5) is 18.9 Å². The standard InChI is InChI=1S/C24H24F3N3O3S.CH4/c1-23(2,34(32,33)21-5-3-4-18(14-21)24(25,26)27)17-10-12-30(22(31)15-17)20-8-6-19(7-9-20)29-13-11-28-16-29;/h3-9,11,13-14,16-17H,10,12,15H2,1-2H3;1H4/t17-;/m0./s1. The molecule has 0 saturated carbocycles. The van der Waals surface area contributed by atoms with Crippen LogP contribution in [-0.4, -0.2) is 35.2 Å². The van der Waals surface area contributed by atoms with Crippen molar-refractivity contribution in [2.75, 3.05) is 11.4 Å². The van der Waals surface area contributed by atoms with Crippen molar-refractivity contribution in [3.63, 3.8) is 0 Å². The lowest BCUT2D eigenvalue weighted by Gasteiger charge is -2.39. The highest BCUT2D eigenvalue weighted by molar-refractivity contribution is 7.92. The number of amides is 1. The number of sulfone groups is 1. The third kappa shape index (κ3) is 4.98. The Balaban J connectivity index is 0.00000342. The van der Waals surface area contributed by atoms with Gasteiger partial charge in [0.15, 0.2) is 9.84 Å². The van der Waals surface area contributed by atoms with Crippen LogP contribution in [0.2, 0.25) is 0 Å². The van der Waals surface area contributed by atoms with E-state index in [9.17, 15) is 26.4 Å². The summed E-state index contributed by atoms with van der Waals surface area (Å²) in [6.45, 7) is 3.28. The molecular weight excluding hydrogens is 479 g/mol. The summed E-state index contributed by atoms with van der Waals surface area (Å²) in [6, 6.07) is 11.1. The van der Waals surface area contributed by atoms with Gasteiger partial charge in [0.05, 0.1) is 21.5 Å². The number of carbonyl (C=O) groups excluding carboxylic acids is 1. The molecule has 1 amide bonds. The summed E-state index contributed by atoms with van der Waals surface area (Å²) < 4.78 is 66.4. The Morgan fingerprint density at radius 2 is 1.69 bits per heavy atom. The summed E-state index contributed by atoms with van der Waals surface area (Å²) in [5, 5.41) is 0. The lowest BCUT2D eigenvalue weighted by atomic mass is 9.85. The van der Waals surface area contributed by atoms with Gasteiger partial charge in [-0.2, -0.15) is 13.2 Å². The quantitative estimate of drug-likeness (QED) is 0.456. The largest absolute Gasteiger partial charge is 0.416 e. The van der Waals surface area contributed by atoms with Gasteiger partial charge in [-0.1, -0.05) is 13.5 Å². The zero-order valence-corrected chi connectivity index (χ0v) is 19.5. The van der Waals surface area contributed by atoms with Gasteiger partial charge in [0.2, 0.25) is 5.91 Å². The predicted molar refractivity (Wildman–Crippen MR) is 128 cm³/mol. The number of piperidine rings is 1. The average Bonchev–Trinajstić information content (AvgIpc) is 3.33. The molecule has 1 aliphatic rings. The van der Waals surface area contributed by atoms with Gasteiger partial charge in [0.1, 0.15) is 0 Å². The van der Waals surface area contributed by atoms with E-state index < -0.39 is 37.1 Å². The molecule has 0 aliphatic carbocycles. The molecule has 0 radical (unpaired) electrons. The van der Waals surface area contributed by atoms with Gasteiger partial charge in [-0.05, 0) is 68.7 Å². The van der Waals surface area contributed by atoms with Gasteiger partial charge in [0, 0.05) is 36.7 Å². The predicted octanol–water partition coefficient (Wildman–Crippen LogP) is 5.52. The molecule has 3 aromatic rings. The summed E-state index contributed by atoms with van der Waals surface area (Å²) >= 11 is 0. The van der Waals surface area contributed by atoms with Gasteiger partial charge in [-0.25, -0.2) is 13.4 Å². The smallest absolute Gasteiger partial charge is 0.312 e. The molecule has 35 heavy (non-hydrogen) atoms. The molecule has 2 heterocycles. The maximum absolute atomic E-state index is 13.3. The minimum atomic E-state index is -4.65. The van der Waals surface area contributed by atoms with Crippen LogP contribution < -0.4 is 4.90 Å². The minimum absolute atomic E-state index is 0. The van der Waals surface area contributed by atoms with Crippen LogP contribution in [-0.2, 0) is 20.8 Å². The highest BCUT2D eigenvalue weighted by Crippen LogP contribution is 2.40. The molecule has 1 fully saturated rings. The molecular formula is C25H28F3N3O3S. The van der Waals surface area contributed by atoms with Crippen LogP contribution in [0, 0.1) is 5.92 Å². The van der Waals surface area contributed by atoms with Crippen molar-refractivity contribution in [3.8, 4) is 5.69 Å². The minimum Gasteiger partial charge on any atom is -0.312 e. The van der Waals surface area contributed by atoms with Crippen molar-refractivity contribution in [3.05, 3.63) is 72.8 Å². The second-order valence-electron chi connectivity index (χ2n) is 8.85. The van der Waals surface area contributed by atoms with Crippen molar-refractivity contribution in [2.24, 2.45) is 5.92 Å². The molecule has 0 N–H and O–H groups in total.